The number of hydrogen-bond donors (Lipinski definition) is 2. The average Bonchev–Trinajstić information content (AvgIpc) is 3.05. The van der Waals surface area contributed by atoms with E-state index in [9.17, 15) is 19.5 Å². The van der Waals surface area contributed by atoms with Gasteiger partial charge in [-0.1, -0.05) is 0 Å². The quantitative estimate of drug-likeness (QED) is 0.827. The monoisotopic (exact) mass is 378 g/mol. The minimum atomic E-state index is -1.30. The fraction of sp³-hybridized carbons (Fsp3) is 0.556. The topological polar surface area (TPSA) is 112 Å². The maximum absolute atomic E-state index is 12.6. The van der Waals surface area contributed by atoms with Gasteiger partial charge in [-0.2, -0.15) is 0 Å². The normalized spacial score (nSPS) is 14.0. The van der Waals surface area contributed by atoms with Crippen LogP contribution in [-0.4, -0.2) is 65.7 Å². The Morgan fingerprint density at radius 2 is 1.78 bits per heavy atom. The number of nitrogens with zero attached hydrogens (tertiary/aromatic N) is 3. The van der Waals surface area contributed by atoms with Gasteiger partial charge in [-0.3, -0.25) is 10.1 Å². The van der Waals surface area contributed by atoms with Crippen LogP contribution in [0.25, 0.3) is 0 Å². The summed E-state index contributed by atoms with van der Waals surface area (Å²) in [6, 6.07) is 1.26. The van der Waals surface area contributed by atoms with E-state index in [0.29, 0.717) is 18.9 Å². The molecule has 9 nitrogen and oxygen atoms in total. The molecule has 0 aliphatic carbocycles. The van der Waals surface area contributed by atoms with E-state index in [1.807, 2.05) is 4.90 Å². The van der Waals surface area contributed by atoms with Gasteiger partial charge in [0.25, 0.3) is 5.91 Å². The zero-order chi connectivity index (χ0) is 20.4. The summed E-state index contributed by atoms with van der Waals surface area (Å²) in [4.78, 5) is 44.0. The first kappa shape index (κ1) is 20.5. The molecule has 27 heavy (non-hydrogen) atoms. The lowest BCUT2D eigenvalue weighted by Gasteiger charge is -2.24. The Kier molecular flexibility index (Phi) is 5.92. The Labute approximate surface area is 158 Å². The molecule has 1 aliphatic rings. The van der Waals surface area contributed by atoms with Crippen molar-refractivity contribution in [3.05, 3.63) is 17.2 Å². The van der Waals surface area contributed by atoms with E-state index in [-0.39, 0.29) is 22.9 Å². The molecule has 0 radical (unpaired) electrons. The van der Waals surface area contributed by atoms with Crippen LogP contribution in [0.3, 0.4) is 0 Å². The molecule has 2 heterocycles. The van der Waals surface area contributed by atoms with E-state index in [2.05, 4.69) is 10.3 Å². The predicted octanol–water partition coefficient (Wildman–Crippen LogP) is 2.43. The van der Waals surface area contributed by atoms with Gasteiger partial charge in [0.2, 0.25) is 0 Å². The first-order valence-corrected chi connectivity index (χ1v) is 8.74. The highest BCUT2D eigenvalue weighted by atomic mass is 16.6. The van der Waals surface area contributed by atoms with E-state index >= 15 is 0 Å². The molecule has 0 atom stereocenters. The molecule has 1 aliphatic heterocycles. The molecule has 0 saturated carbocycles. The number of aromatic nitrogens is 1. The van der Waals surface area contributed by atoms with Crippen LogP contribution in [0.4, 0.5) is 16.4 Å². The van der Waals surface area contributed by atoms with Crippen molar-refractivity contribution in [2.75, 3.05) is 37.4 Å². The SMILES string of the molecule is CN(C)C(=O)c1cc(C(=O)O)c(NC(=O)OC(C)(C)C)nc1N1CCCC1. The largest absolute Gasteiger partial charge is 0.478 e. The van der Waals surface area contributed by atoms with Gasteiger partial charge in [0, 0.05) is 27.2 Å². The van der Waals surface area contributed by atoms with Gasteiger partial charge in [-0.25, -0.2) is 14.6 Å². The summed E-state index contributed by atoms with van der Waals surface area (Å²) in [5.74, 6) is -1.43. The van der Waals surface area contributed by atoms with Crippen molar-refractivity contribution in [3.63, 3.8) is 0 Å². The Morgan fingerprint density at radius 1 is 1.19 bits per heavy atom. The number of amides is 2. The third kappa shape index (κ3) is 5.08. The third-order valence-corrected chi connectivity index (χ3v) is 3.89. The van der Waals surface area contributed by atoms with Gasteiger partial charge in [0.05, 0.1) is 5.56 Å². The molecule has 0 bridgehead atoms. The molecule has 2 N–H and O–H groups in total. The molecule has 148 valence electrons. The maximum Gasteiger partial charge on any atom is 0.413 e. The van der Waals surface area contributed by atoms with Gasteiger partial charge >= 0.3 is 12.1 Å². The first-order valence-electron chi connectivity index (χ1n) is 8.74. The summed E-state index contributed by atoms with van der Waals surface area (Å²) >= 11 is 0. The van der Waals surface area contributed by atoms with Crippen molar-refractivity contribution in [2.24, 2.45) is 0 Å². The Hall–Kier alpha value is -2.84. The standard InChI is InChI=1S/C18H26N4O5/c1-18(2,3)27-17(26)20-13-11(16(24)25)10-12(15(23)21(4)5)14(19-13)22-8-6-7-9-22/h10H,6-9H2,1-5H3,(H,24,25)(H,19,20,26). The van der Waals surface area contributed by atoms with Gasteiger partial charge in [-0.15, -0.1) is 0 Å². The number of rotatable bonds is 4. The molecule has 9 heteroatoms. The Balaban J connectivity index is 2.51. The number of hydrogen-bond acceptors (Lipinski definition) is 6. The van der Waals surface area contributed by atoms with Crippen molar-refractivity contribution in [1.82, 2.24) is 9.88 Å². The molecule has 1 aromatic heterocycles. The average molecular weight is 378 g/mol. The highest BCUT2D eigenvalue weighted by Crippen LogP contribution is 2.28. The van der Waals surface area contributed by atoms with Crippen molar-refractivity contribution in [3.8, 4) is 0 Å². The smallest absolute Gasteiger partial charge is 0.413 e. The number of pyridine rings is 1. The number of carboxylic acid groups (broad SMARTS) is 1. The molecule has 1 aromatic rings. The van der Waals surface area contributed by atoms with Crippen molar-refractivity contribution >= 4 is 29.6 Å². The van der Waals surface area contributed by atoms with Crippen LogP contribution in [0.1, 0.15) is 54.3 Å². The second kappa shape index (κ2) is 7.81. The van der Waals surface area contributed by atoms with Crippen LogP contribution >= 0.6 is 0 Å². The number of nitrogens with one attached hydrogen (secondary N) is 1. The highest BCUT2D eigenvalue weighted by molar-refractivity contribution is 6.04. The zero-order valence-corrected chi connectivity index (χ0v) is 16.3. The second-order valence-corrected chi connectivity index (χ2v) is 7.58. The number of ether oxygens (including phenoxy) is 1. The molecule has 1 fully saturated rings. The minimum absolute atomic E-state index is 0.144. The number of anilines is 2. The lowest BCUT2D eigenvalue weighted by molar-refractivity contribution is 0.0635. The highest BCUT2D eigenvalue weighted by Gasteiger charge is 2.28. The molecule has 0 spiro atoms. The van der Waals surface area contributed by atoms with Gasteiger partial charge in [-0.05, 0) is 39.7 Å². The number of carbonyl (C=O) groups is 3. The fourth-order valence-corrected chi connectivity index (χ4v) is 2.73. The molecular weight excluding hydrogens is 352 g/mol. The summed E-state index contributed by atoms with van der Waals surface area (Å²) < 4.78 is 5.19. The molecule has 0 unspecified atom stereocenters. The summed E-state index contributed by atoms with van der Waals surface area (Å²) in [7, 11) is 3.17. The first-order chi connectivity index (χ1) is 12.5. The number of carboxylic acids is 1. The minimum Gasteiger partial charge on any atom is -0.478 e. The van der Waals surface area contributed by atoms with Crippen LogP contribution in [0, 0.1) is 0 Å². The molecule has 0 aromatic carbocycles. The third-order valence-electron chi connectivity index (χ3n) is 3.89. The molecule has 2 rings (SSSR count). The van der Waals surface area contributed by atoms with E-state index in [1.54, 1.807) is 34.9 Å². The van der Waals surface area contributed by atoms with Crippen molar-refractivity contribution in [1.29, 1.82) is 0 Å². The summed E-state index contributed by atoms with van der Waals surface area (Å²) in [5.41, 5.74) is -0.824. The van der Waals surface area contributed by atoms with E-state index in [0.717, 1.165) is 12.8 Å². The summed E-state index contributed by atoms with van der Waals surface area (Å²) in [6.07, 6.45) is 1.09. The Bertz CT molecular complexity index is 749. The number of aromatic carboxylic acids is 1. The van der Waals surface area contributed by atoms with Crippen LogP contribution in [0.15, 0.2) is 6.07 Å². The zero-order valence-electron chi connectivity index (χ0n) is 16.3. The van der Waals surface area contributed by atoms with Crippen molar-refractivity contribution < 1.29 is 24.2 Å². The molecule has 1 saturated heterocycles. The van der Waals surface area contributed by atoms with Gasteiger partial charge in [0.1, 0.15) is 17.0 Å². The lowest BCUT2D eigenvalue weighted by Crippen LogP contribution is -2.30. The Morgan fingerprint density at radius 3 is 2.26 bits per heavy atom. The maximum atomic E-state index is 12.6. The van der Waals surface area contributed by atoms with Crippen LogP contribution in [0.2, 0.25) is 0 Å². The van der Waals surface area contributed by atoms with Crippen molar-refractivity contribution in [2.45, 2.75) is 39.2 Å². The second-order valence-electron chi connectivity index (χ2n) is 7.58. The van der Waals surface area contributed by atoms with E-state index in [1.165, 1.54) is 11.0 Å². The molecular formula is C18H26N4O5. The van der Waals surface area contributed by atoms with Crippen LogP contribution in [0.5, 0.6) is 0 Å². The van der Waals surface area contributed by atoms with E-state index < -0.39 is 17.7 Å². The predicted molar refractivity (Wildman–Crippen MR) is 101 cm³/mol. The summed E-state index contributed by atoms with van der Waals surface area (Å²) in [5, 5.41) is 11.9. The lowest BCUT2D eigenvalue weighted by atomic mass is 10.1. The fourth-order valence-electron chi connectivity index (χ4n) is 2.73. The van der Waals surface area contributed by atoms with Gasteiger partial charge in [0.15, 0.2) is 5.82 Å². The van der Waals surface area contributed by atoms with E-state index in [4.69, 9.17) is 4.74 Å². The van der Waals surface area contributed by atoms with Gasteiger partial charge < -0.3 is 19.6 Å². The number of carbonyl (C=O) groups excluding carboxylic acids is 2. The van der Waals surface area contributed by atoms with Crippen LogP contribution in [-0.2, 0) is 4.74 Å². The van der Waals surface area contributed by atoms with Crippen LogP contribution < -0.4 is 10.2 Å². The summed E-state index contributed by atoms with van der Waals surface area (Å²) in [6.45, 7) is 6.52. The molecule has 2 amide bonds.